The van der Waals surface area contributed by atoms with Crippen molar-refractivity contribution in [2.24, 2.45) is 11.7 Å². The number of ether oxygens (including phenoxy) is 1. The monoisotopic (exact) mass is 423 g/mol. The first-order chi connectivity index (χ1) is 14.9. The fourth-order valence-electron chi connectivity index (χ4n) is 3.78. The zero-order chi connectivity index (χ0) is 22.0. The van der Waals surface area contributed by atoms with Crippen LogP contribution in [0.5, 0.6) is 5.75 Å². The number of benzene rings is 2. The Morgan fingerprint density at radius 3 is 2.45 bits per heavy atom. The number of anilines is 1. The molecule has 2 aromatic rings. The van der Waals surface area contributed by atoms with Crippen LogP contribution in [-0.4, -0.2) is 42.3 Å². The molecule has 2 heterocycles. The number of halogens is 1. The summed E-state index contributed by atoms with van der Waals surface area (Å²) in [5.41, 5.74) is 6.46. The quantitative estimate of drug-likeness (QED) is 0.764. The number of piperidine rings is 1. The average Bonchev–Trinajstić information content (AvgIpc) is 2.78. The second-order valence-electron chi connectivity index (χ2n) is 7.58. The Bertz CT molecular complexity index is 1040. The predicted octanol–water partition coefficient (Wildman–Crippen LogP) is 2.32. The minimum Gasteiger partial charge on any atom is -0.449 e. The van der Waals surface area contributed by atoms with E-state index in [0.29, 0.717) is 42.9 Å². The SMILES string of the molecule is NC(=O)C1CCN(C(=O)CN2C(=O)/C(=C\c3ccc(F)cc3)Oc3ccccc32)CC1. The first-order valence-corrected chi connectivity index (χ1v) is 10.1. The van der Waals surface area contributed by atoms with E-state index in [9.17, 15) is 18.8 Å². The number of likely N-dealkylation sites (tertiary alicyclic amines) is 1. The van der Waals surface area contributed by atoms with Gasteiger partial charge in [-0.1, -0.05) is 24.3 Å². The lowest BCUT2D eigenvalue weighted by Gasteiger charge is -2.34. The van der Waals surface area contributed by atoms with Crippen molar-refractivity contribution in [3.63, 3.8) is 0 Å². The molecule has 0 atom stereocenters. The van der Waals surface area contributed by atoms with E-state index in [1.807, 2.05) is 0 Å². The van der Waals surface area contributed by atoms with E-state index in [0.717, 1.165) is 0 Å². The Kier molecular flexibility index (Phi) is 5.70. The number of hydrogen-bond acceptors (Lipinski definition) is 4. The molecule has 2 N–H and O–H groups in total. The topological polar surface area (TPSA) is 92.9 Å². The van der Waals surface area contributed by atoms with E-state index in [1.54, 1.807) is 29.2 Å². The van der Waals surface area contributed by atoms with Crippen LogP contribution in [0.15, 0.2) is 54.3 Å². The predicted molar refractivity (Wildman–Crippen MR) is 112 cm³/mol. The fraction of sp³-hybridized carbons (Fsp3) is 0.261. The molecule has 1 fully saturated rings. The third kappa shape index (κ3) is 4.42. The Balaban J connectivity index is 1.56. The molecule has 2 aliphatic heterocycles. The zero-order valence-corrected chi connectivity index (χ0v) is 16.8. The largest absolute Gasteiger partial charge is 0.449 e. The molecule has 7 nitrogen and oxygen atoms in total. The van der Waals surface area contributed by atoms with Crippen molar-refractivity contribution in [3.8, 4) is 5.75 Å². The number of nitrogens with zero attached hydrogens (tertiary/aromatic N) is 2. The zero-order valence-electron chi connectivity index (χ0n) is 16.8. The van der Waals surface area contributed by atoms with E-state index in [2.05, 4.69) is 0 Å². The van der Waals surface area contributed by atoms with Crippen molar-refractivity contribution in [1.29, 1.82) is 0 Å². The van der Waals surface area contributed by atoms with Gasteiger partial charge in [0.15, 0.2) is 11.5 Å². The molecular weight excluding hydrogens is 401 g/mol. The molecule has 3 amide bonds. The highest BCUT2D eigenvalue weighted by molar-refractivity contribution is 6.12. The van der Waals surface area contributed by atoms with Crippen LogP contribution in [-0.2, 0) is 14.4 Å². The minimum absolute atomic E-state index is 0.0468. The summed E-state index contributed by atoms with van der Waals surface area (Å²) in [5, 5.41) is 0. The van der Waals surface area contributed by atoms with Gasteiger partial charge in [0.1, 0.15) is 12.4 Å². The number of nitrogens with two attached hydrogens (primary N) is 1. The molecular formula is C23H22FN3O4. The molecule has 0 bridgehead atoms. The summed E-state index contributed by atoms with van der Waals surface area (Å²) in [6.45, 7) is 0.691. The van der Waals surface area contributed by atoms with Gasteiger partial charge in [0.2, 0.25) is 11.8 Å². The van der Waals surface area contributed by atoms with Gasteiger partial charge in [-0.2, -0.15) is 0 Å². The number of hydrogen-bond donors (Lipinski definition) is 1. The van der Waals surface area contributed by atoms with Gasteiger partial charge in [-0.25, -0.2) is 4.39 Å². The molecule has 2 aliphatic rings. The summed E-state index contributed by atoms with van der Waals surface area (Å²) in [6, 6.07) is 12.6. The molecule has 160 valence electrons. The lowest BCUT2D eigenvalue weighted by Crippen LogP contribution is -2.48. The smallest absolute Gasteiger partial charge is 0.294 e. The van der Waals surface area contributed by atoms with Crippen LogP contribution >= 0.6 is 0 Å². The maximum Gasteiger partial charge on any atom is 0.294 e. The molecule has 0 spiro atoms. The fourth-order valence-corrected chi connectivity index (χ4v) is 3.78. The maximum absolute atomic E-state index is 13.2. The Morgan fingerprint density at radius 2 is 1.77 bits per heavy atom. The van der Waals surface area contributed by atoms with Gasteiger partial charge in [-0.15, -0.1) is 0 Å². The molecule has 2 aromatic carbocycles. The number of para-hydroxylation sites is 2. The number of primary amides is 1. The Morgan fingerprint density at radius 1 is 1.10 bits per heavy atom. The summed E-state index contributed by atoms with van der Waals surface area (Å²) in [5.74, 6) is -1.12. The van der Waals surface area contributed by atoms with Crippen LogP contribution in [0.4, 0.5) is 10.1 Å². The van der Waals surface area contributed by atoms with Gasteiger partial charge in [0, 0.05) is 19.0 Å². The highest BCUT2D eigenvalue weighted by Gasteiger charge is 2.34. The second kappa shape index (κ2) is 8.59. The van der Waals surface area contributed by atoms with E-state index in [1.165, 1.54) is 35.2 Å². The molecule has 31 heavy (non-hydrogen) atoms. The lowest BCUT2D eigenvalue weighted by atomic mass is 9.96. The van der Waals surface area contributed by atoms with Crippen molar-refractivity contribution in [2.45, 2.75) is 12.8 Å². The maximum atomic E-state index is 13.2. The van der Waals surface area contributed by atoms with Crippen LogP contribution in [0.1, 0.15) is 18.4 Å². The molecule has 4 rings (SSSR count). The number of amides is 3. The van der Waals surface area contributed by atoms with Crippen LogP contribution in [0.2, 0.25) is 0 Å². The number of carbonyl (C=O) groups excluding carboxylic acids is 3. The lowest BCUT2D eigenvalue weighted by molar-refractivity contribution is -0.134. The highest BCUT2D eigenvalue weighted by Crippen LogP contribution is 2.35. The molecule has 1 saturated heterocycles. The van der Waals surface area contributed by atoms with Gasteiger partial charge in [0.25, 0.3) is 5.91 Å². The van der Waals surface area contributed by atoms with Gasteiger partial charge in [0.05, 0.1) is 5.69 Å². The Hall–Kier alpha value is -3.68. The third-order valence-corrected chi connectivity index (χ3v) is 5.54. The van der Waals surface area contributed by atoms with Crippen molar-refractivity contribution >= 4 is 29.5 Å². The van der Waals surface area contributed by atoms with Crippen molar-refractivity contribution in [3.05, 3.63) is 65.7 Å². The standard InChI is InChI=1S/C23H22FN3O4/c24-17-7-5-15(6-8-17)13-20-23(30)27(18-3-1-2-4-19(18)31-20)14-21(28)26-11-9-16(10-12-26)22(25)29/h1-8,13,16H,9-12,14H2,(H2,25,29)/b20-13+. The number of carbonyl (C=O) groups is 3. The molecule has 0 radical (unpaired) electrons. The van der Waals surface area contributed by atoms with E-state index in [4.69, 9.17) is 10.5 Å². The first-order valence-electron chi connectivity index (χ1n) is 10.1. The molecule has 0 saturated carbocycles. The summed E-state index contributed by atoms with van der Waals surface area (Å²) in [4.78, 5) is 40.5. The number of rotatable bonds is 4. The van der Waals surface area contributed by atoms with Crippen LogP contribution in [0, 0.1) is 11.7 Å². The van der Waals surface area contributed by atoms with E-state index < -0.39 is 5.91 Å². The van der Waals surface area contributed by atoms with Gasteiger partial charge < -0.3 is 15.4 Å². The third-order valence-electron chi connectivity index (χ3n) is 5.54. The van der Waals surface area contributed by atoms with Gasteiger partial charge >= 0.3 is 0 Å². The van der Waals surface area contributed by atoms with Crippen molar-refractivity contribution in [2.75, 3.05) is 24.5 Å². The van der Waals surface area contributed by atoms with Gasteiger partial charge in [-0.05, 0) is 48.7 Å². The van der Waals surface area contributed by atoms with E-state index >= 15 is 0 Å². The van der Waals surface area contributed by atoms with Crippen molar-refractivity contribution in [1.82, 2.24) is 4.90 Å². The molecule has 0 aliphatic carbocycles. The normalized spacial score (nSPS) is 18.0. The van der Waals surface area contributed by atoms with Crippen LogP contribution < -0.4 is 15.4 Å². The summed E-state index contributed by atoms with van der Waals surface area (Å²) in [6.07, 6.45) is 2.56. The molecule has 0 aromatic heterocycles. The average molecular weight is 423 g/mol. The summed E-state index contributed by atoms with van der Waals surface area (Å²) in [7, 11) is 0. The van der Waals surface area contributed by atoms with E-state index in [-0.39, 0.29) is 35.9 Å². The number of fused-ring (bicyclic) bond motifs is 1. The Labute approximate surface area is 178 Å². The first kappa shape index (κ1) is 20.6. The molecule has 0 unspecified atom stereocenters. The summed E-state index contributed by atoms with van der Waals surface area (Å²) >= 11 is 0. The van der Waals surface area contributed by atoms with Gasteiger partial charge in [-0.3, -0.25) is 19.3 Å². The second-order valence-corrected chi connectivity index (χ2v) is 7.58. The summed E-state index contributed by atoms with van der Waals surface area (Å²) < 4.78 is 19.0. The highest BCUT2D eigenvalue weighted by atomic mass is 19.1. The minimum atomic E-state index is -0.455. The van der Waals surface area contributed by atoms with Crippen LogP contribution in [0.25, 0.3) is 6.08 Å². The van der Waals surface area contributed by atoms with Crippen LogP contribution in [0.3, 0.4) is 0 Å². The van der Waals surface area contributed by atoms with Crippen molar-refractivity contribution < 1.29 is 23.5 Å². The molecule has 8 heteroatoms.